The Morgan fingerprint density at radius 2 is 2.29 bits per heavy atom. The van der Waals surface area contributed by atoms with E-state index in [0.717, 1.165) is 55.6 Å². The van der Waals surface area contributed by atoms with Crippen LogP contribution in [-0.4, -0.2) is 50.5 Å². The first-order chi connectivity index (χ1) is 11.2. The quantitative estimate of drug-likeness (QED) is 0.322. The van der Waals surface area contributed by atoms with E-state index in [2.05, 4.69) is 15.2 Å². The molecule has 3 rings (SSSR count). The first-order valence-electron chi connectivity index (χ1n) is 8.01. The van der Waals surface area contributed by atoms with Gasteiger partial charge in [-0.3, -0.25) is 4.99 Å². The van der Waals surface area contributed by atoms with Gasteiger partial charge in [0.15, 0.2) is 5.96 Å². The predicted octanol–water partition coefficient (Wildman–Crippen LogP) is 3.35. The van der Waals surface area contributed by atoms with Crippen LogP contribution in [0.25, 0.3) is 0 Å². The van der Waals surface area contributed by atoms with Crippen molar-refractivity contribution in [2.45, 2.75) is 24.3 Å². The van der Waals surface area contributed by atoms with Crippen molar-refractivity contribution in [1.29, 1.82) is 0 Å². The minimum Gasteiger partial charge on any atom is -0.381 e. The third kappa shape index (κ3) is 4.35. The number of thioether (sulfide) groups is 1. The zero-order valence-electron chi connectivity index (χ0n) is 14.2. The third-order valence-electron chi connectivity index (χ3n) is 4.81. The fourth-order valence-electron chi connectivity index (χ4n) is 3.48. The minimum atomic E-state index is -0.196. The van der Waals surface area contributed by atoms with Crippen LogP contribution in [-0.2, 0) is 11.3 Å². The molecule has 24 heavy (non-hydrogen) atoms. The van der Waals surface area contributed by atoms with Gasteiger partial charge < -0.3 is 15.0 Å². The Morgan fingerprint density at radius 1 is 1.46 bits per heavy atom. The lowest BCUT2D eigenvalue weighted by Crippen LogP contribution is -2.41. The maximum absolute atomic E-state index is 13.5. The summed E-state index contributed by atoms with van der Waals surface area (Å²) < 4.78 is 19.1. The molecule has 1 unspecified atom stereocenters. The SMILES string of the molecule is CN=C(NCc1cc(F)ccc1SC)N1CCC2(CCOC2)C1.I. The van der Waals surface area contributed by atoms with Crippen LogP contribution >= 0.6 is 35.7 Å². The van der Waals surface area contributed by atoms with Crippen molar-refractivity contribution < 1.29 is 9.13 Å². The summed E-state index contributed by atoms with van der Waals surface area (Å²) in [7, 11) is 1.81. The molecule has 2 heterocycles. The summed E-state index contributed by atoms with van der Waals surface area (Å²) in [5.74, 6) is 0.697. The average Bonchev–Trinajstić information content (AvgIpc) is 3.19. The highest BCUT2D eigenvalue weighted by molar-refractivity contribution is 14.0. The zero-order valence-corrected chi connectivity index (χ0v) is 17.3. The molecular weight excluding hydrogens is 440 g/mol. The Kier molecular flexibility index (Phi) is 7.18. The molecule has 0 amide bonds. The van der Waals surface area contributed by atoms with Crippen LogP contribution in [0.5, 0.6) is 0 Å². The van der Waals surface area contributed by atoms with E-state index >= 15 is 0 Å². The number of hydrogen-bond donors (Lipinski definition) is 1. The molecule has 0 saturated carbocycles. The van der Waals surface area contributed by atoms with Crippen molar-refractivity contribution >= 4 is 41.7 Å². The Bertz CT molecular complexity index is 593. The van der Waals surface area contributed by atoms with Gasteiger partial charge in [0, 0.05) is 43.6 Å². The number of nitrogens with one attached hydrogen (secondary N) is 1. The van der Waals surface area contributed by atoms with Gasteiger partial charge in [0.05, 0.1) is 6.61 Å². The number of nitrogens with zero attached hydrogens (tertiary/aromatic N) is 2. The van der Waals surface area contributed by atoms with Crippen LogP contribution in [0, 0.1) is 11.2 Å². The van der Waals surface area contributed by atoms with Gasteiger partial charge >= 0.3 is 0 Å². The summed E-state index contributed by atoms with van der Waals surface area (Å²) in [5, 5.41) is 3.39. The summed E-state index contributed by atoms with van der Waals surface area (Å²) in [5.41, 5.74) is 1.28. The number of guanidine groups is 1. The molecule has 4 nitrogen and oxygen atoms in total. The molecule has 0 aromatic heterocycles. The highest BCUT2D eigenvalue weighted by Gasteiger charge is 2.42. The highest BCUT2D eigenvalue weighted by Crippen LogP contribution is 2.38. The van der Waals surface area contributed by atoms with E-state index in [1.54, 1.807) is 24.9 Å². The Labute approximate surface area is 164 Å². The first-order valence-corrected chi connectivity index (χ1v) is 9.24. The van der Waals surface area contributed by atoms with Crippen molar-refractivity contribution in [3.8, 4) is 0 Å². The fourth-order valence-corrected chi connectivity index (χ4v) is 4.08. The van der Waals surface area contributed by atoms with Gasteiger partial charge in [0.2, 0.25) is 0 Å². The number of likely N-dealkylation sites (tertiary alicyclic amines) is 1. The summed E-state index contributed by atoms with van der Waals surface area (Å²) in [6.45, 7) is 4.31. The molecule has 1 atom stereocenters. The van der Waals surface area contributed by atoms with Gasteiger partial charge in [-0.25, -0.2) is 4.39 Å². The van der Waals surface area contributed by atoms with Gasteiger partial charge in [-0.2, -0.15) is 0 Å². The van der Waals surface area contributed by atoms with Crippen molar-refractivity contribution in [2.24, 2.45) is 10.4 Å². The van der Waals surface area contributed by atoms with Gasteiger partial charge in [-0.15, -0.1) is 35.7 Å². The second-order valence-electron chi connectivity index (χ2n) is 6.33. The number of aliphatic imine (C=N–C) groups is 1. The second kappa shape index (κ2) is 8.71. The molecule has 0 radical (unpaired) electrons. The number of halogens is 2. The molecule has 1 aromatic rings. The molecule has 2 aliphatic heterocycles. The number of ether oxygens (including phenoxy) is 1. The minimum absolute atomic E-state index is 0. The lowest BCUT2D eigenvalue weighted by molar-refractivity contribution is 0.156. The van der Waals surface area contributed by atoms with E-state index in [4.69, 9.17) is 4.74 Å². The van der Waals surface area contributed by atoms with Crippen LogP contribution in [0.2, 0.25) is 0 Å². The van der Waals surface area contributed by atoms with Crippen LogP contribution < -0.4 is 5.32 Å². The number of benzene rings is 1. The van der Waals surface area contributed by atoms with Crippen LogP contribution in [0.15, 0.2) is 28.1 Å². The molecule has 1 aromatic carbocycles. The lowest BCUT2D eigenvalue weighted by Gasteiger charge is -2.25. The summed E-state index contributed by atoms with van der Waals surface area (Å²) in [6, 6.07) is 4.94. The van der Waals surface area contributed by atoms with Gasteiger partial charge in [-0.05, 0) is 42.9 Å². The Hall–Kier alpha value is -0.540. The molecule has 0 bridgehead atoms. The molecular formula is C17H25FIN3OS. The van der Waals surface area contributed by atoms with Crippen molar-refractivity contribution in [1.82, 2.24) is 10.2 Å². The van der Waals surface area contributed by atoms with E-state index < -0.39 is 0 Å². The molecule has 1 N–H and O–H groups in total. The van der Waals surface area contributed by atoms with Crippen LogP contribution in [0.4, 0.5) is 4.39 Å². The number of rotatable bonds is 3. The molecule has 2 fully saturated rings. The van der Waals surface area contributed by atoms with Gasteiger partial charge in [-0.1, -0.05) is 0 Å². The standard InChI is InChI=1S/C17H24FN3OS.HI/c1-19-16(21-7-5-17(11-21)6-8-22-12-17)20-10-13-9-14(18)3-4-15(13)23-2;/h3-4,9H,5-8,10-12H2,1-2H3,(H,19,20);1H. The highest BCUT2D eigenvalue weighted by atomic mass is 127. The van der Waals surface area contributed by atoms with E-state index in [1.165, 1.54) is 6.07 Å². The fraction of sp³-hybridized carbons (Fsp3) is 0.588. The van der Waals surface area contributed by atoms with Crippen molar-refractivity contribution in [2.75, 3.05) is 39.6 Å². The van der Waals surface area contributed by atoms with Crippen LogP contribution in [0.1, 0.15) is 18.4 Å². The molecule has 7 heteroatoms. The molecule has 2 aliphatic rings. The summed E-state index contributed by atoms with van der Waals surface area (Å²) in [4.78, 5) is 7.80. The van der Waals surface area contributed by atoms with Crippen molar-refractivity contribution in [3.05, 3.63) is 29.6 Å². The topological polar surface area (TPSA) is 36.9 Å². The van der Waals surface area contributed by atoms with Crippen LogP contribution in [0.3, 0.4) is 0 Å². The second-order valence-corrected chi connectivity index (χ2v) is 7.18. The third-order valence-corrected chi connectivity index (χ3v) is 5.65. The monoisotopic (exact) mass is 465 g/mol. The predicted molar refractivity (Wildman–Crippen MR) is 108 cm³/mol. The Morgan fingerprint density at radius 3 is 2.96 bits per heavy atom. The van der Waals surface area contributed by atoms with Gasteiger partial charge in [0.25, 0.3) is 0 Å². The maximum Gasteiger partial charge on any atom is 0.193 e. The molecule has 1 spiro atoms. The normalized spacial score (nSPS) is 23.6. The maximum atomic E-state index is 13.5. The van der Waals surface area contributed by atoms with Gasteiger partial charge in [0.1, 0.15) is 5.82 Å². The van der Waals surface area contributed by atoms with E-state index in [1.807, 2.05) is 12.3 Å². The smallest absolute Gasteiger partial charge is 0.193 e. The van der Waals surface area contributed by atoms with E-state index in [0.29, 0.717) is 12.0 Å². The van der Waals surface area contributed by atoms with E-state index in [-0.39, 0.29) is 29.8 Å². The van der Waals surface area contributed by atoms with Crippen molar-refractivity contribution in [3.63, 3.8) is 0 Å². The molecule has 0 aliphatic carbocycles. The van der Waals surface area contributed by atoms with E-state index in [9.17, 15) is 4.39 Å². The largest absolute Gasteiger partial charge is 0.381 e. The Balaban J connectivity index is 0.00000208. The summed E-state index contributed by atoms with van der Waals surface area (Å²) in [6.07, 6.45) is 4.31. The zero-order chi connectivity index (χ0) is 16.3. The summed E-state index contributed by atoms with van der Waals surface area (Å²) >= 11 is 1.63. The molecule has 2 saturated heterocycles. The lowest BCUT2D eigenvalue weighted by atomic mass is 9.87. The molecule has 134 valence electrons. The average molecular weight is 465 g/mol. The first kappa shape index (κ1) is 19.8. The number of hydrogen-bond acceptors (Lipinski definition) is 3.